The Hall–Kier alpha value is -1.22. The number of piperazine rings is 1. The topological polar surface area (TPSA) is 23.6 Å². The zero-order valence-corrected chi connectivity index (χ0v) is 12.2. The molecule has 0 spiro atoms. The number of rotatable bonds is 4. The molecular weight excluding hydrogens is 260 g/mol. The second-order valence-corrected chi connectivity index (χ2v) is 5.33. The first kappa shape index (κ1) is 14.2. The van der Waals surface area contributed by atoms with Crippen molar-refractivity contribution in [2.75, 3.05) is 31.1 Å². The predicted molar refractivity (Wildman–Crippen MR) is 79.8 cm³/mol. The highest BCUT2D eigenvalue weighted by molar-refractivity contribution is 6.33. The molecule has 0 N–H and O–H groups in total. The molecule has 0 saturated carbocycles. The van der Waals surface area contributed by atoms with Crippen LogP contribution < -0.4 is 4.90 Å². The van der Waals surface area contributed by atoms with Crippen molar-refractivity contribution in [3.05, 3.63) is 29.3 Å². The Morgan fingerprint density at radius 1 is 1.21 bits per heavy atom. The Morgan fingerprint density at radius 3 is 2.53 bits per heavy atom. The molecule has 1 aliphatic heterocycles. The van der Waals surface area contributed by atoms with Gasteiger partial charge in [0.25, 0.3) is 0 Å². The third-order valence-corrected chi connectivity index (χ3v) is 3.89. The maximum atomic E-state index is 11.9. The first-order chi connectivity index (χ1) is 9.22. The first-order valence-corrected chi connectivity index (χ1v) is 7.37. The normalized spacial score (nSPS) is 15.7. The molecule has 1 aliphatic rings. The molecule has 1 heterocycles. The van der Waals surface area contributed by atoms with Crippen LogP contribution in [0.15, 0.2) is 24.3 Å². The van der Waals surface area contributed by atoms with Crippen molar-refractivity contribution in [2.45, 2.75) is 26.2 Å². The zero-order valence-electron chi connectivity index (χ0n) is 11.4. The lowest BCUT2D eigenvalue weighted by Crippen LogP contribution is -2.48. The Kier molecular flexibility index (Phi) is 5.08. The molecule has 0 aliphatic carbocycles. The van der Waals surface area contributed by atoms with Crippen molar-refractivity contribution >= 4 is 23.2 Å². The number of hydrogen-bond acceptors (Lipinski definition) is 2. The molecule has 1 fully saturated rings. The van der Waals surface area contributed by atoms with Gasteiger partial charge in [0.1, 0.15) is 0 Å². The van der Waals surface area contributed by atoms with Crippen LogP contribution in [0, 0.1) is 0 Å². The van der Waals surface area contributed by atoms with Crippen LogP contribution >= 0.6 is 11.6 Å². The lowest BCUT2D eigenvalue weighted by Gasteiger charge is -2.36. The summed E-state index contributed by atoms with van der Waals surface area (Å²) >= 11 is 6.20. The second kappa shape index (κ2) is 6.80. The highest BCUT2D eigenvalue weighted by atomic mass is 35.5. The molecule has 1 aromatic rings. The zero-order chi connectivity index (χ0) is 13.7. The van der Waals surface area contributed by atoms with E-state index in [0.717, 1.165) is 49.7 Å². The van der Waals surface area contributed by atoms with Crippen molar-refractivity contribution in [2.24, 2.45) is 0 Å². The van der Waals surface area contributed by atoms with Crippen LogP contribution in [-0.2, 0) is 4.79 Å². The number of benzene rings is 1. The molecule has 2 rings (SSSR count). The minimum atomic E-state index is 0.292. The smallest absolute Gasteiger partial charge is 0.222 e. The van der Waals surface area contributed by atoms with Gasteiger partial charge in [-0.1, -0.05) is 37.1 Å². The number of para-hydroxylation sites is 1. The molecule has 4 heteroatoms. The summed E-state index contributed by atoms with van der Waals surface area (Å²) < 4.78 is 0. The minimum Gasteiger partial charge on any atom is -0.367 e. The SMILES string of the molecule is CCCCC(=O)N1CCN(c2ccccc2Cl)CC1. The van der Waals surface area contributed by atoms with Gasteiger partial charge in [0, 0.05) is 32.6 Å². The monoisotopic (exact) mass is 280 g/mol. The number of amides is 1. The predicted octanol–water partition coefficient (Wildman–Crippen LogP) is 3.18. The maximum Gasteiger partial charge on any atom is 0.222 e. The van der Waals surface area contributed by atoms with E-state index in [1.165, 1.54) is 0 Å². The van der Waals surface area contributed by atoms with Gasteiger partial charge in [0.05, 0.1) is 10.7 Å². The summed E-state index contributed by atoms with van der Waals surface area (Å²) in [6.07, 6.45) is 2.75. The fraction of sp³-hybridized carbons (Fsp3) is 0.533. The van der Waals surface area contributed by atoms with E-state index in [2.05, 4.69) is 11.8 Å². The van der Waals surface area contributed by atoms with Crippen LogP contribution in [0.3, 0.4) is 0 Å². The lowest BCUT2D eigenvalue weighted by atomic mass is 10.2. The van der Waals surface area contributed by atoms with E-state index >= 15 is 0 Å². The highest BCUT2D eigenvalue weighted by Gasteiger charge is 2.21. The van der Waals surface area contributed by atoms with Crippen LogP contribution in [0.4, 0.5) is 5.69 Å². The first-order valence-electron chi connectivity index (χ1n) is 6.99. The molecule has 1 amide bonds. The molecule has 0 radical (unpaired) electrons. The molecule has 0 atom stereocenters. The van der Waals surface area contributed by atoms with Gasteiger partial charge in [-0.15, -0.1) is 0 Å². The quantitative estimate of drug-likeness (QED) is 0.846. The molecular formula is C15H21ClN2O. The van der Waals surface area contributed by atoms with E-state index in [0.29, 0.717) is 12.3 Å². The Balaban J connectivity index is 1.89. The molecule has 1 saturated heterocycles. The third kappa shape index (κ3) is 3.63. The van der Waals surface area contributed by atoms with Crippen LogP contribution in [0.25, 0.3) is 0 Å². The fourth-order valence-corrected chi connectivity index (χ4v) is 2.65. The Morgan fingerprint density at radius 2 is 1.89 bits per heavy atom. The van der Waals surface area contributed by atoms with Gasteiger partial charge >= 0.3 is 0 Å². The third-order valence-electron chi connectivity index (χ3n) is 3.57. The molecule has 0 bridgehead atoms. The van der Waals surface area contributed by atoms with E-state index < -0.39 is 0 Å². The van der Waals surface area contributed by atoms with Crippen molar-refractivity contribution < 1.29 is 4.79 Å². The summed E-state index contributed by atoms with van der Waals surface area (Å²) in [6, 6.07) is 7.89. The van der Waals surface area contributed by atoms with Gasteiger partial charge < -0.3 is 9.80 Å². The summed E-state index contributed by atoms with van der Waals surface area (Å²) in [5.74, 6) is 0.292. The Bertz CT molecular complexity index is 428. The average molecular weight is 281 g/mol. The van der Waals surface area contributed by atoms with Gasteiger partial charge in [0.15, 0.2) is 0 Å². The number of anilines is 1. The largest absolute Gasteiger partial charge is 0.367 e. The van der Waals surface area contributed by atoms with Crippen molar-refractivity contribution in [1.82, 2.24) is 4.90 Å². The molecule has 3 nitrogen and oxygen atoms in total. The number of carbonyl (C=O) groups excluding carboxylic acids is 1. The van der Waals surface area contributed by atoms with Crippen LogP contribution in [-0.4, -0.2) is 37.0 Å². The van der Waals surface area contributed by atoms with Crippen molar-refractivity contribution in [3.63, 3.8) is 0 Å². The molecule has 0 unspecified atom stereocenters. The second-order valence-electron chi connectivity index (χ2n) is 4.92. The number of unbranched alkanes of at least 4 members (excludes halogenated alkanes) is 1. The van der Waals surface area contributed by atoms with E-state index in [9.17, 15) is 4.79 Å². The van der Waals surface area contributed by atoms with Gasteiger partial charge in [0.2, 0.25) is 5.91 Å². The molecule has 104 valence electrons. The van der Waals surface area contributed by atoms with Crippen molar-refractivity contribution in [1.29, 1.82) is 0 Å². The van der Waals surface area contributed by atoms with Gasteiger partial charge in [-0.3, -0.25) is 4.79 Å². The van der Waals surface area contributed by atoms with E-state index in [4.69, 9.17) is 11.6 Å². The van der Waals surface area contributed by atoms with E-state index in [1.807, 2.05) is 29.2 Å². The fourth-order valence-electron chi connectivity index (χ4n) is 2.39. The summed E-state index contributed by atoms with van der Waals surface area (Å²) in [5.41, 5.74) is 1.07. The summed E-state index contributed by atoms with van der Waals surface area (Å²) in [5, 5.41) is 0.785. The van der Waals surface area contributed by atoms with E-state index in [-0.39, 0.29) is 0 Å². The Labute approximate surface area is 120 Å². The standard InChI is InChI=1S/C15H21ClN2O/c1-2-3-8-15(19)18-11-9-17(10-12-18)14-7-5-4-6-13(14)16/h4-7H,2-3,8-12H2,1H3. The van der Waals surface area contributed by atoms with Crippen molar-refractivity contribution in [3.8, 4) is 0 Å². The van der Waals surface area contributed by atoms with Gasteiger partial charge in [-0.25, -0.2) is 0 Å². The molecule has 19 heavy (non-hydrogen) atoms. The summed E-state index contributed by atoms with van der Waals surface area (Å²) in [6.45, 7) is 5.44. The van der Waals surface area contributed by atoms with Gasteiger partial charge in [-0.05, 0) is 18.6 Å². The minimum absolute atomic E-state index is 0.292. The number of carbonyl (C=O) groups is 1. The van der Waals surface area contributed by atoms with E-state index in [1.54, 1.807) is 0 Å². The summed E-state index contributed by atoms with van der Waals surface area (Å²) in [4.78, 5) is 16.2. The van der Waals surface area contributed by atoms with Crippen LogP contribution in [0.1, 0.15) is 26.2 Å². The van der Waals surface area contributed by atoms with Crippen LogP contribution in [0.2, 0.25) is 5.02 Å². The average Bonchev–Trinajstić information content (AvgIpc) is 2.45. The molecule has 1 aromatic carbocycles. The number of hydrogen-bond donors (Lipinski definition) is 0. The van der Waals surface area contributed by atoms with Crippen LogP contribution in [0.5, 0.6) is 0 Å². The lowest BCUT2D eigenvalue weighted by molar-refractivity contribution is -0.131. The number of nitrogens with zero attached hydrogens (tertiary/aromatic N) is 2. The maximum absolute atomic E-state index is 11.9. The molecule has 0 aromatic heterocycles. The summed E-state index contributed by atoms with van der Waals surface area (Å²) in [7, 11) is 0. The highest BCUT2D eigenvalue weighted by Crippen LogP contribution is 2.26. The number of halogens is 1. The van der Waals surface area contributed by atoms with Gasteiger partial charge in [-0.2, -0.15) is 0 Å².